The highest BCUT2D eigenvalue weighted by Gasteiger charge is 2.40. The summed E-state index contributed by atoms with van der Waals surface area (Å²) in [6, 6.07) is 11.7. The molecule has 12 heteroatoms. The van der Waals surface area contributed by atoms with E-state index < -0.39 is 12.7 Å². The maximum Gasteiger partial charge on any atom is 0.401 e. The van der Waals surface area contributed by atoms with Crippen LogP contribution in [0.15, 0.2) is 30.3 Å². The van der Waals surface area contributed by atoms with Gasteiger partial charge in [-0.25, -0.2) is 4.98 Å². The van der Waals surface area contributed by atoms with Gasteiger partial charge in [-0.2, -0.15) is 18.4 Å². The van der Waals surface area contributed by atoms with Crippen molar-refractivity contribution in [2.24, 2.45) is 0 Å². The van der Waals surface area contributed by atoms with Gasteiger partial charge in [0.2, 0.25) is 0 Å². The lowest BCUT2D eigenvalue weighted by Crippen LogP contribution is -2.60. The lowest BCUT2D eigenvalue weighted by atomic mass is 9.95. The first-order valence-electron chi connectivity index (χ1n) is 13.1. The molecular weight excluding hydrogens is 529 g/mol. The molecule has 0 saturated carbocycles. The minimum Gasteiger partial charge on any atom is -0.357 e. The Morgan fingerprint density at radius 1 is 1.08 bits per heavy atom. The number of alkyl halides is 3. The number of aryl methyl sites for hydroxylation is 1. The van der Waals surface area contributed by atoms with E-state index in [0.29, 0.717) is 36.8 Å². The summed E-state index contributed by atoms with van der Waals surface area (Å²) in [6.45, 7) is 4.43. The minimum absolute atomic E-state index is 0.0116. The summed E-state index contributed by atoms with van der Waals surface area (Å²) in [5, 5.41) is 19.1. The highest BCUT2D eigenvalue weighted by Crippen LogP contribution is 2.36. The molecule has 6 rings (SSSR count). The van der Waals surface area contributed by atoms with Crippen LogP contribution in [0, 0.1) is 18.3 Å². The van der Waals surface area contributed by atoms with Gasteiger partial charge < -0.3 is 4.90 Å². The van der Waals surface area contributed by atoms with Gasteiger partial charge in [0, 0.05) is 49.7 Å². The molecule has 39 heavy (non-hydrogen) atoms. The number of rotatable bonds is 4. The number of nitriles is 1. The third-order valence-corrected chi connectivity index (χ3v) is 8.22. The van der Waals surface area contributed by atoms with Crippen LogP contribution in [0.25, 0.3) is 5.69 Å². The molecule has 0 N–H and O–H groups in total. The molecule has 0 atom stereocenters. The molecule has 3 aliphatic rings. The third-order valence-electron chi connectivity index (χ3n) is 7.99. The molecule has 0 aliphatic carbocycles. The predicted molar refractivity (Wildman–Crippen MR) is 140 cm³/mol. The summed E-state index contributed by atoms with van der Waals surface area (Å²) in [6.07, 6.45) is -2.44. The number of halogens is 4. The van der Waals surface area contributed by atoms with Crippen molar-refractivity contribution >= 4 is 17.4 Å². The zero-order valence-corrected chi connectivity index (χ0v) is 22.3. The molecule has 2 saturated heterocycles. The van der Waals surface area contributed by atoms with Crippen LogP contribution in [0.1, 0.15) is 47.2 Å². The smallest absolute Gasteiger partial charge is 0.357 e. The zero-order valence-electron chi connectivity index (χ0n) is 21.5. The van der Waals surface area contributed by atoms with Gasteiger partial charge in [-0.15, -0.1) is 10.2 Å². The van der Waals surface area contributed by atoms with E-state index in [4.69, 9.17) is 11.6 Å². The summed E-state index contributed by atoms with van der Waals surface area (Å²) in [5.74, 6) is 2.78. The van der Waals surface area contributed by atoms with Crippen LogP contribution in [-0.4, -0.2) is 74.5 Å². The van der Waals surface area contributed by atoms with Crippen molar-refractivity contribution in [1.29, 1.82) is 5.26 Å². The molecule has 5 heterocycles. The van der Waals surface area contributed by atoms with E-state index >= 15 is 0 Å². The van der Waals surface area contributed by atoms with Gasteiger partial charge in [-0.1, -0.05) is 11.6 Å². The number of pyridine rings is 1. The average molecular weight is 557 g/mol. The summed E-state index contributed by atoms with van der Waals surface area (Å²) in [5.41, 5.74) is 3.32. The van der Waals surface area contributed by atoms with Crippen molar-refractivity contribution < 1.29 is 13.2 Å². The topological polar surface area (TPSA) is 77.1 Å². The predicted octanol–water partition coefficient (Wildman–Crippen LogP) is 4.44. The molecule has 2 aromatic heterocycles. The van der Waals surface area contributed by atoms with Crippen LogP contribution in [0.3, 0.4) is 0 Å². The number of likely N-dealkylation sites (tertiary alicyclic amines) is 1. The van der Waals surface area contributed by atoms with Gasteiger partial charge in [-0.05, 0) is 55.7 Å². The number of nitrogens with zero attached hydrogens (tertiary/aromatic N) is 8. The summed E-state index contributed by atoms with van der Waals surface area (Å²) >= 11 is 6.37. The molecule has 2 fully saturated rings. The van der Waals surface area contributed by atoms with Gasteiger partial charge in [0.05, 0.1) is 30.0 Å². The second-order valence-electron chi connectivity index (χ2n) is 10.6. The van der Waals surface area contributed by atoms with Crippen molar-refractivity contribution in [3.63, 3.8) is 0 Å². The number of anilines is 1. The van der Waals surface area contributed by atoms with E-state index in [1.165, 1.54) is 4.90 Å². The maximum atomic E-state index is 12.8. The van der Waals surface area contributed by atoms with E-state index in [1.54, 1.807) is 0 Å². The lowest BCUT2D eigenvalue weighted by Gasteiger charge is -2.45. The summed E-state index contributed by atoms with van der Waals surface area (Å²) in [7, 11) is 0. The first-order valence-corrected chi connectivity index (χ1v) is 13.4. The Bertz CT molecular complexity index is 1420. The molecule has 0 bridgehead atoms. The third kappa shape index (κ3) is 5.21. The fourth-order valence-corrected chi connectivity index (χ4v) is 6.13. The molecule has 0 radical (unpaired) electrons. The summed E-state index contributed by atoms with van der Waals surface area (Å²) in [4.78, 5) is 10.5. The van der Waals surface area contributed by atoms with Crippen molar-refractivity contribution in [3.05, 3.63) is 63.8 Å². The van der Waals surface area contributed by atoms with E-state index in [0.717, 1.165) is 60.3 Å². The number of hydrogen-bond acceptors (Lipinski definition) is 7. The number of hydrogen-bond donors (Lipinski definition) is 0. The number of benzene rings is 1. The van der Waals surface area contributed by atoms with Crippen molar-refractivity contribution in [1.82, 2.24) is 29.5 Å². The number of fused-ring (bicyclic) bond motifs is 3. The van der Waals surface area contributed by atoms with Crippen molar-refractivity contribution in [2.75, 3.05) is 37.6 Å². The van der Waals surface area contributed by atoms with Crippen LogP contribution in [0.4, 0.5) is 19.0 Å². The molecular formula is C27H28ClF3N8. The number of aromatic nitrogens is 4. The molecule has 0 unspecified atom stereocenters. The lowest BCUT2D eigenvalue weighted by molar-refractivity contribution is -0.161. The van der Waals surface area contributed by atoms with Crippen LogP contribution in [-0.2, 0) is 13.1 Å². The Hall–Kier alpha value is -3.20. The van der Waals surface area contributed by atoms with Crippen LogP contribution in [0.2, 0.25) is 5.02 Å². The van der Waals surface area contributed by atoms with Gasteiger partial charge in [0.15, 0.2) is 5.82 Å². The number of piperidine rings is 1. The van der Waals surface area contributed by atoms with E-state index in [2.05, 4.69) is 35.6 Å². The van der Waals surface area contributed by atoms with Crippen molar-refractivity contribution in [2.45, 2.75) is 51.0 Å². The highest BCUT2D eigenvalue weighted by molar-refractivity contribution is 6.30. The molecule has 0 spiro atoms. The van der Waals surface area contributed by atoms with Crippen LogP contribution < -0.4 is 4.90 Å². The Morgan fingerprint density at radius 3 is 2.54 bits per heavy atom. The highest BCUT2D eigenvalue weighted by atomic mass is 35.5. The fourth-order valence-electron chi connectivity index (χ4n) is 5.94. The Kier molecular flexibility index (Phi) is 6.73. The second-order valence-corrected chi connectivity index (χ2v) is 11.1. The zero-order chi connectivity index (χ0) is 27.3. The fraction of sp³-hybridized carbons (Fsp3) is 0.481. The standard InChI is InChI=1S/C27H28ClF3N8/c1-17-19(11-32)2-5-24(33-17)37-8-6-18(7-9-37)26-35-34-25-15-38(22-13-36(14-22)16-27(29,30)31)12-20-10-21(28)3-4-23(20)39(25)26/h2-5,10,18,22H,6-9,12-16H2,1H3. The van der Waals surface area contributed by atoms with Gasteiger partial charge >= 0.3 is 6.18 Å². The van der Waals surface area contributed by atoms with Crippen LogP contribution >= 0.6 is 11.6 Å². The quantitative estimate of drug-likeness (QED) is 0.470. The Morgan fingerprint density at radius 2 is 1.85 bits per heavy atom. The molecule has 3 aromatic rings. The largest absolute Gasteiger partial charge is 0.401 e. The van der Waals surface area contributed by atoms with Gasteiger partial charge in [-0.3, -0.25) is 14.4 Å². The minimum atomic E-state index is -4.19. The normalized spacial score (nSPS) is 19.2. The van der Waals surface area contributed by atoms with Crippen molar-refractivity contribution in [3.8, 4) is 11.8 Å². The van der Waals surface area contributed by atoms with E-state index in [1.807, 2.05) is 37.3 Å². The summed E-state index contributed by atoms with van der Waals surface area (Å²) < 4.78 is 40.7. The molecule has 3 aliphatic heterocycles. The Balaban J connectivity index is 1.22. The van der Waals surface area contributed by atoms with E-state index in [9.17, 15) is 18.4 Å². The van der Waals surface area contributed by atoms with E-state index in [-0.39, 0.29) is 12.0 Å². The maximum absolute atomic E-state index is 12.8. The van der Waals surface area contributed by atoms with Crippen LogP contribution in [0.5, 0.6) is 0 Å². The SMILES string of the molecule is Cc1nc(N2CCC(c3nnc4n3-c3ccc(Cl)cc3CN(C3CN(CC(F)(F)F)C3)C4)CC2)ccc1C#N. The second kappa shape index (κ2) is 10.1. The molecule has 0 amide bonds. The first-order chi connectivity index (χ1) is 18.7. The molecule has 8 nitrogen and oxygen atoms in total. The average Bonchev–Trinajstić information content (AvgIpc) is 3.21. The molecule has 1 aromatic carbocycles. The van der Waals surface area contributed by atoms with Gasteiger partial charge in [0.1, 0.15) is 17.7 Å². The molecule has 204 valence electrons. The van der Waals surface area contributed by atoms with Gasteiger partial charge in [0.25, 0.3) is 0 Å². The monoisotopic (exact) mass is 556 g/mol. The Labute approximate surface area is 229 Å². The first kappa shape index (κ1) is 26.0.